The molecule has 2 aromatic carbocycles. The molecule has 0 spiro atoms. The predicted octanol–water partition coefficient (Wildman–Crippen LogP) is 6.76. The van der Waals surface area contributed by atoms with E-state index >= 15 is 0 Å². The molecule has 1 unspecified atom stereocenters. The SMILES string of the molecule is CCOc1cc(C)c2c(ccn2C(=O)OC(C)(C)C)c1C(CN)c1nc2ccc(C#N)cc2n1COCC[Si](C)(C)C. The Morgan fingerprint density at radius 1 is 1.19 bits per heavy atom. The molecule has 4 aromatic rings. The number of carbonyl (C=O) groups excluding carboxylic acids is 1. The van der Waals surface area contributed by atoms with Gasteiger partial charge in [-0.3, -0.25) is 4.57 Å². The number of nitrogens with two attached hydrogens (primary N) is 1. The molecule has 0 aliphatic carbocycles. The molecule has 0 amide bonds. The average Bonchev–Trinajstić information content (AvgIpc) is 3.49. The van der Waals surface area contributed by atoms with Crippen LogP contribution < -0.4 is 10.5 Å². The molecule has 0 aliphatic rings. The highest BCUT2D eigenvalue weighted by molar-refractivity contribution is 6.76. The van der Waals surface area contributed by atoms with Gasteiger partial charge in [-0.05, 0) is 76.6 Å². The Bertz CT molecular complexity index is 1640. The number of hydrogen-bond acceptors (Lipinski definition) is 7. The summed E-state index contributed by atoms with van der Waals surface area (Å²) in [5.74, 6) is 1.02. The summed E-state index contributed by atoms with van der Waals surface area (Å²) >= 11 is 0. The number of nitriles is 1. The summed E-state index contributed by atoms with van der Waals surface area (Å²) in [6.07, 6.45) is 1.28. The first-order valence-electron chi connectivity index (χ1n) is 14.5. The average molecular weight is 590 g/mol. The van der Waals surface area contributed by atoms with Gasteiger partial charge in [-0.15, -0.1) is 0 Å². The van der Waals surface area contributed by atoms with Crippen molar-refractivity contribution >= 4 is 36.1 Å². The van der Waals surface area contributed by atoms with Gasteiger partial charge in [0.05, 0.1) is 40.7 Å². The van der Waals surface area contributed by atoms with E-state index in [1.54, 1.807) is 16.8 Å². The van der Waals surface area contributed by atoms with E-state index in [0.29, 0.717) is 30.4 Å². The smallest absolute Gasteiger partial charge is 0.419 e. The quantitative estimate of drug-likeness (QED) is 0.160. The van der Waals surface area contributed by atoms with Gasteiger partial charge in [0.2, 0.25) is 0 Å². The number of benzene rings is 2. The van der Waals surface area contributed by atoms with E-state index < -0.39 is 19.8 Å². The van der Waals surface area contributed by atoms with Crippen LogP contribution in [0.25, 0.3) is 21.9 Å². The van der Waals surface area contributed by atoms with E-state index in [4.69, 9.17) is 24.9 Å². The minimum atomic E-state index is -1.29. The van der Waals surface area contributed by atoms with Crippen molar-refractivity contribution < 1.29 is 19.0 Å². The zero-order chi connectivity index (χ0) is 30.8. The van der Waals surface area contributed by atoms with Gasteiger partial charge in [-0.2, -0.15) is 5.26 Å². The lowest BCUT2D eigenvalue weighted by Gasteiger charge is -2.23. The molecule has 4 rings (SSSR count). The number of aryl methyl sites for hydroxylation is 1. The molecule has 0 saturated heterocycles. The van der Waals surface area contributed by atoms with Crippen LogP contribution in [0.3, 0.4) is 0 Å². The lowest BCUT2D eigenvalue weighted by atomic mass is 9.92. The number of carbonyl (C=O) groups is 1. The molecule has 10 heteroatoms. The van der Waals surface area contributed by atoms with Gasteiger partial charge in [-0.1, -0.05) is 19.6 Å². The fraction of sp³-hybridized carbons (Fsp3) is 0.469. The van der Waals surface area contributed by atoms with Crippen LogP contribution in [0.1, 0.15) is 56.1 Å². The second-order valence-corrected chi connectivity index (χ2v) is 18.4. The van der Waals surface area contributed by atoms with E-state index in [1.165, 1.54) is 0 Å². The Kier molecular flexibility index (Phi) is 9.16. The predicted molar refractivity (Wildman–Crippen MR) is 169 cm³/mol. The van der Waals surface area contributed by atoms with Crippen LogP contribution in [0.5, 0.6) is 5.75 Å². The maximum Gasteiger partial charge on any atom is 0.419 e. The normalized spacial score (nSPS) is 13.0. The minimum Gasteiger partial charge on any atom is -0.494 e. The summed E-state index contributed by atoms with van der Waals surface area (Å²) in [5, 5.41) is 10.4. The van der Waals surface area contributed by atoms with Crippen LogP contribution in [0.15, 0.2) is 36.5 Å². The molecule has 42 heavy (non-hydrogen) atoms. The Labute approximate surface area is 249 Å². The van der Waals surface area contributed by atoms with Crippen molar-refractivity contribution in [3.05, 3.63) is 59.0 Å². The van der Waals surface area contributed by atoms with E-state index in [2.05, 4.69) is 25.7 Å². The van der Waals surface area contributed by atoms with Gasteiger partial charge in [0, 0.05) is 38.4 Å². The third-order valence-electron chi connectivity index (χ3n) is 7.07. The molecule has 0 saturated carbocycles. The monoisotopic (exact) mass is 589 g/mol. The van der Waals surface area contributed by atoms with Gasteiger partial charge in [0.15, 0.2) is 0 Å². The molecular formula is C32H43N5O4Si. The summed E-state index contributed by atoms with van der Waals surface area (Å²) in [4.78, 5) is 18.2. The topological polar surface area (TPSA) is 117 Å². The zero-order valence-corrected chi connectivity index (χ0v) is 27.1. The van der Waals surface area contributed by atoms with Gasteiger partial charge >= 0.3 is 6.09 Å². The standard InChI is InChI=1S/C32H43N5O4Si/c1-9-40-27-16-21(2)29-23(12-13-36(29)31(38)41-32(3,4)5)28(27)24(19-34)30-35-25-11-10-22(18-33)17-26(25)37(30)20-39-14-15-42(6,7)8/h10-13,16-17,24H,9,14-15,19-20,34H2,1-8H3. The maximum absolute atomic E-state index is 13.2. The van der Waals surface area contributed by atoms with Crippen LogP contribution in [-0.2, 0) is 16.2 Å². The van der Waals surface area contributed by atoms with E-state index in [9.17, 15) is 10.1 Å². The van der Waals surface area contributed by atoms with Crippen LogP contribution in [-0.4, -0.2) is 53.6 Å². The first-order chi connectivity index (χ1) is 19.8. The molecule has 0 bridgehead atoms. The number of ether oxygens (including phenoxy) is 3. The van der Waals surface area contributed by atoms with Crippen LogP contribution in [0, 0.1) is 18.3 Å². The van der Waals surface area contributed by atoms with E-state index in [-0.39, 0.29) is 19.2 Å². The summed E-state index contributed by atoms with van der Waals surface area (Å²) in [6, 6.07) is 12.6. The number of imidazole rings is 1. The number of hydrogen-bond donors (Lipinski definition) is 1. The molecule has 2 aromatic heterocycles. The second-order valence-electron chi connectivity index (χ2n) is 12.8. The van der Waals surface area contributed by atoms with Crippen LogP contribution >= 0.6 is 0 Å². The van der Waals surface area contributed by atoms with Gasteiger partial charge in [0.1, 0.15) is 23.9 Å². The molecule has 2 N–H and O–H groups in total. The Hall–Kier alpha value is -3.65. The molecule has 2 heterocycles. The number of aromatic nitrogens is 3. The fourth-order valence-corrected chi connectivity index (χ4v) is 5.88. The van der Waals surface area contributed by atoms with E-state index in [0.717, 1.165) is 39.1 Å². The molecule has 0 fully saturated rings. The van der Waals surface area contributed by atoms with Crippen molar-refractivity contribution in [1.82, 2.24) is 14.1 Å². The largest absolute Gasteiger partial charge is 0.494 e. The van der Waals surface area contributed by atoms with Crippen molar-refractivity contribution in [3.63, 3.8) is 0 Å². The Morgan fingerprint density at radius 2 is 1.93 bits per heavy atom. The first-order valence-corrected chi connectivity index (χ1v) is 18.2. The van der Waals surface area contributed by atoms with Crippen molar-refractivity contribution in [2.75, 3.05) is 19.8 Å². The lowest BCUT2D eigenvalue weighted by molar-refractivity contribution is 0.0544. The number of nitrogens with zero attached hydrogens (tertiary/aromatic N) is 4. The second kappa shape index (κ2) is 12.3. The molecular weight excluding hydrogens is 546 g/mol. The minimum absolute atomic E-state index is 0.235. The third kappa shape index (κ3) is 6.70. The Balaban J connectivity index is 1.91. The van der Waals surface area contributed by atoms with Gasteiger partial charge in [0.25, 0.3) is 0 Å². The highest BCUT2D eigenvalue weighted by Gasteiger charge is 2.29. The van der Waals surface area contributed by atoms with Crippen molar-refractivity contribution in [2.24, 2.45) is 5.73 Å². The zero-order valence-electron chi connectivity index (χ0n) is 26.1. The fourth-order valence-electron chi connectivity index (χ4n) is 5.12. The summed E-state index contributed by atoms with van der Waals surface area (Å²) in [7, 11) is -1.29. The lowest BCUT2D eigenvalue weighted by Crippen LogP contribution is -2.27. The molecule has 224 valence electrons. The third-order valence-corrected chi connectivity index (χ3v) is 8.78. The van der Waals surface area contributed by atoms with E-state index in [1.807, 2.05) is 63.5 Å². The molecule has 1 atom stereocenters. The highest BCUT2D eigenvalue weighted by atomic mass is 28.3. The van der Waals surface area contributed by atoms with Gasteiger partial charge in [-0.25, -0.2) is 9.78 Å². The molecule has 0 aliphatic heterocycles. The number of fused-ring (bicyclic) bond motifs is 2. The molecule has 9 nitrogen and oxygen atoms in total. The molecule has 0 radical (unpaired) electrons. The number of rotatable bonds is 10. The highest BCUT2D eigenvalue weighted by Crippen LogP contribution is 2.40. The van der Waals surface area contributed by atoms with Crippen molar-refractivity contribution in [2.45, 2.75) is 78.6 Å². The van der Waals surface area contributed by atoms with Crippen LogP contribution in [0.2, 0.25) is 25.7 Å². The summed E-state index contributed by atoms with van der Waals surface area (Å²) in [5.41, 5.74) is 10.5. The first kappa shape index (κ1) is 31.3. The van der Waals surface area contributed by atoms with Crippen molar-refractivity contribution in [1.29, 1.82) is 5.26 Å². The summed E-state index contributed by atoms with van der Waals surface area (Å²) < 4.78 is 21.7. The Morgan fingerprint density at radius 3 is 2.55 bits per heavy atom. The van der Waals surface area contributed by atoms with Crippen molar-refractivity contribution in [3.8, 4) is 11.8 Å². The summed E-state index contributed by atoms with van der Waals surface area (Å²) in [6.45, 7) is 18.0. The van der Waals surface area contributed by atoms with Gasteiger partial charge < -0.3 is 24.5 Å². The van der Waals surface area contributed by atoms with Crippen LogP contribution in [0.4, 0.5) is 4.79 Å². The maximum atomic E-state index is 13.2.